The van der Waals surface area contributed by atoms with Crippen LogP contribution >= 0.6 is 12.0 Å². The molecule has 0 aliphatic rings. The van der Waals surface area contributed by atoms with Crippen molar-refractivity contribution in [3.63, 3.8) is 0 Å². The average molecular weight is 243 g/mol. The molecule has 0 bridgehead atoms. The van der Waals surface area contributed by atoms with Crippen molar-refractivity contribution in [3.05, 3.63) is 34.4 Å². The molecule has 0 amide bonds. The quantitative estimate of drug-likeness (QED) is 0.350. The van der Waals surface area contributed by atoms with Gasteiger partial charge in [-0.15, -0.1) is 0 Å². The fourth-order valence-corrected chi connectivity index (χ4v) is 1.31. The molecule has 7 heteroatoms. The Hall–Kier alpha value is -1.76. The molecule has 0 fully saturated rings. The van der Waals surface area contributed by atoms with Crippen LogP contribution in [0.4, 0.5) is 10.5 Å². The highest BCUT2D eigenvalue weighted by molar-refractivity contribution is 7.95. The Morgan fingerprint density at radius 2 is 2.06 bits per heavy atom. The predicted octanol–water partition coefficient (Wildman–Crippen LogP) is 2.78. The number of hydrogen-bond acceptors (Lipinski definition) is 6. The number of carbonyl (C=O) groups excluding carboxylic acids is 1. The van der Waals surface area contributed by atoms with E-state index in [9.17, 15) is 14.9 Å². The first-order chi connectivity index (χ1) is 7.63. The Balaban J connectivity index is 2.49. The first kappa shape index (κ1) is 12.3. The van der Waals surface area contributed by atoms with Gasteiger partial charge >= 0.3 is 6.16 Å². The summed E-state index contributed by atoms with van der Waals surface area (Å²) < 4.78 is 9.19. The summed E-state index contributed by atoms with van der Waals surface area (Å²) in [7, 11) is 0. The maximum absolute atomic E-state index is 10.8. The molecule has 0 spiro atoms. The van der Waals surface area contributed by atoms with Gasteiger partial charge in [-0.25, -0.2) is 4.79 Å². The van der Waals surface area contributed by atoms with Gasteiger partial charge in [0.05, 0.1) is 23.6 Å². The van der Waals surface area contributed by atoms with Crippen LogP contribution in [-0.4, -0.2) is 17.7 Å². The summed E-state index contributed by atoms with van der Waals surface area (Å²) in [6, 6.07) is 5.64. The standard InChI is InChI=1S/C9H9NO5S/c1-2-14-9(11)15-16-8-5-3-7(4-6-8)10(12)13/h3-6H,2H2,1H3. The molecule has 0 heterocycles. The largest absolute Gasteiger partial charge is 0.521 e. The van der Waals surface area contributed by atoms with E-state index in [0.717, 1.165) is 12.0 Å². The third-order valence-electron chi connectivity index (χ3n) is 1.52. The molecule has 0 aliphatic heterocycles. The van der Waals surface area contributed by atoms with E-state index in [0.29, 0.717) is 4.90 Å². The Kier molecular flexibility index (Phi) is 4.59. The van der Waals surface area contributed by atoms with E-state index in [2.05, 4.69) is 8.92 Å². The first-order valence-electron chi connectivity index (χ1n) is 4.39. The minimum absolute atomic E-state index is 0.0134. The van der Waals surface area contributed by atoms with Crippen molar-refractivity contribution in [2.75, 3.05) is 6.61 Å². The lowest BCUT2D eigenvalue weighted by molar-refractivity contribution is -0.384. The van der Waals surface area contributed by atoms with E-state index in [1.165, 1.54) is 24.3 Å². The van der Waals surface area contributed by atoms with E-state index >= 15 is 0 Å². The molecule has 0 radical (unpaired) electrons. The Morgan fingerprint density at radius 3 is 2.56 bits per heavy atom. The van der Waals surface area contributed by atoms with Crippen LogP contribution in [0, 0.1) is 10.1 Å². The lowest BCUT2D eigenvalue weighted by atomic mass is 10.3. The number of benzene rings is 1. The molecule has 0 aromatic heterocycles. The van der Waals surface area contributed by atoms with Crippen molar-refractivity contribution in [1.82, 2.24) is 0 Å². The van der Waals surface area contributed by atoms with Gasteiger partial charge in [-0.2, -0.15) is 0 Å². The maximum atomic E-state index is 10.8. The van der Waals surface area contributed by atoms with Crippen molar-refractivity contribution in [1.29, 1.82) is 0 Å². The summed E-state index contributed by atoms with van der Waals surface area (Å²) in [6.07, 6.45) is -0.786. The molecule has 0 N–H and O–H groups in total. The minimum Gasteiger partial charge on any atom is -0.434 e. The fourth-order valence-electron chi connectivity index (χ4n) is 0.847. The molecular weight excluding hydrogens is 234 g/mol. The smallest absolute Gasteiger partial charge is 0.434 e. The van der Waals surface area contributed by atoms with Crippen LogP contribution in [0.1, 0.15) is 6.92 Å². The zero-order valence-corrected chi connectivity index (χ0v) is 9.23. The van der Waals surface area contributed by atoms with E-state index in [1.54, 1.807) is 6.92 Å². The van der Waals surface area contributed by atoms with Gasteiger partial charge in [0, 0.05) is 17.0 Å². The highest BCUT2D eigenvalue weighted by atomic mass is 32.2. The average Bonchev–Trinajstić information content (AvgIpc) is 2.27. The molecule has 0 aliphatic carbocycles. The predicted molar refractivity (Wildman–Crippen MR) is 57.1 cm³/mol. The van der Waals surface area contributed by atoms with Crippen LogP contribution in [0.15, 0.2) is 29.2 Å². The summed E-state index contributed by atoms with van der Waals surface area (Å²) in [6.45, 7) is 1.90. The van der Waals surface area contributed by atoms with Crippen molar-refractivity contribution in [2.24, 2.45) is 0 Å². The zero-order chi connectivity index (χ0) is 12.0. The number of non-ortho nitro benzene ring substituents is 1. The number of ether oxygens (including phenoxy) is 1. The van der Waals surface area contributed by atoms with Gasteiger partial charge in [0.25, 0.3) is 5.69 Å². The van der Waals surface area contributed by atoms with Crippen LogP contribution in [0.25, 0.3) is 0 Å². The summed E-state index contributed by atoms with van der Waals surface area (Å²) in [4.78, 5) is 21.3. The van der Waals surface area contributed by atoms with Gasteiger partial charge < -0.3 is 8.92 Å². The Labute approximate surface area is 95.9 Å². The number of nitro benzene ring substituents is 1. The van der Waals surface area contributed by atoms with Gasteiger partial charge in [-0.05, 0) is 19.1 Å². The highest BCUT2D eigenvalue weighted by Gasteiger charge is 2.07. The van der Waals surface area contributed by atoms with E-state index in [1.807, 2.05) is 0 Å². The number of nitro groups is 1. The van der Waals surface area contributed by atoms with Crippen molar-refractivity contribution >= 4 is 23.9 Å². The number of rotatable bonds is 4. The second-order valence-corrected chi connectivity index (χ2v) is 3.41. The fraction of sp³-hybridized carbons (Fsp3) is 0.222. The van der Waals surface area contributed by atoms with E-state index < -0.39 is 11.1 Å². The van der Waals surface area contributed by atoms with Crippen molar-refractivity contribution < 1.29 is 18.6 Å². The third kappa shape index (κ3) is 3.77. The SMILES string of the molecule is CCOC(=O)OSc1ccc([N+](=O)[O-])cc1. The molecule has 0 atom stereocenters. The van der Waals surface area contributed by atoms with Gasteiger partial charge in [0.15, 0.2) is 0 Å². The molecular formula is C9H9NO5S. The van der Waals surface area contributed by atoms with Gasteiger partial charge in [0.1, 0.15) is 0 Å². The maximum Gasteiger partial charge on any atom is 0.521 e. The molecule has 0 saturated carbocycles. The topological polar surface area (TPSA) is 78.7 Å². The molecule has 6 nitrogen and oxygen atoms in total. The molecule has 0 saturated heterocycles. The van der Waals surface area contributed by atoms with Crippen LogP contribution in [0.3, 0.4) is 0 Å². The lowest BCUT2D eigenvalue weighted by Crippen LogP contribution is -2.01. The summed E-state index contributed by atoms with van der Waals surface area (Å²) >= 11 is 0.792. The van der Waals surface area contributed by atoms with Gasteiger partial charge in [0.2, 0.25) is 0 Å². The minimum atomic E-state index is -0.786. The Morgan fingerprint density at radius 1 is 1.44 bits per heavy atom. The highest BCUT2D eigenvalue weighted by Crippen LogP contribution is 2.22. The summed E-state index contributed by atoms with van der Waals surface area (Å²) in [5.41, 5.74) is -0.0134. The molecule has 16 heavy (non-hydrogen) atoms. The number of hydrogen-bond donors (Lipinski definition) is 0. The third-order valence-corrected chi connectivity index (χ3v) is 2.20. The normalized spacial score (nSPS) is 9.56. The molecule has 1 rings (SSSR count). The van der Waals surface area contributed by atoms with E-state index in [-0.39, 0.29) is 12.3 Å². The molecule has 86 valence electrons. The van der Waals surface area contributed by atoms with E-state index in [4.69, 9.17) is 0 Å². The summed E-state index contributed by atoms with van der Waals surface area (Å²) in [5.74, 6) is 0. The van der Waals surface area contributed by atoms with Crippen molar-refractivity contribution in [2.45, 2.75) is 11.8 Å². The molecule has 1 aromatic carbocycles. The van der Waals surface area contributed by atoms with Crippen molar-refractivity contribution in [3.8, 4) is 0 Å². The first-order valence-corrected chi connectivity index (χ1v) is 5.13. The van der Waals surface area contributed by atoms with Gasteiger partial charge in [-0.1, -0.05) is 0 Å². The number of carbonyl (C=O) groups is 1. The van der Waals surface area contributed by atoms with Gasteiger partial charge in [-0.3, -0.25) is 10.1 Å². The monoisotopic (exact) mass is 243 g/mol. The Bertz CT molecular complexity index is 378. The summed E-state index contributed by atoms with van der Waals surface area (Å²) in [5, 5.41) is 10.4. The molecule has 0 unspecified atom stereocenters. The van der Waals surface area contributed by atoms with Crippen LogP contribution in [0.2, 0.25) is 0 Å². The number of nitrogens with zero attached hydrogens (tertiary/aromatic N) is 1. The lowest BCUT2D eigenvalue weighted by Gasteiger charge is -2.01. The molecule has 1 aromatic rings. The van der Waals surface area contributed by atoms with Crippen LogP contribution in [-0.2, 0) is 8.92 Å². The van der Waals surface area contributed by atoms with Crippen LogP contribution < -0.4 is 0 Å². The van der Waals surface area contributed by atoms with Crippen LogP contribution in [0.5, 0.6) is 0 Å². The second-order valence-electron chi connectivity index (χ2n) is 2.60. The second kappa shape index (κ2) is 5.96. The zero-order valence-electron chi connectivity index (χ0n) is 8.41.